The summed E-state index contributed by atoms with van der Waals surface area (Å²) >= 11 is 1.13. The van der Waals surface area contributed by atoms with Gasteiger partial charge in [-0.05, 0) is 55.3 Å². The second kappa shape index (κ2) is 8.19. The van der Waals surface area contributed by atoms with Gasteiger partial charge in [0.1, 0.15) is 11.0 Å². The number of fused-ring (bicyclic) bond motifs is 1. The van der Waals surface area contributed by atoms with Crippen LogP contribution in [0.5, 0.6) is 0 Å². The van der Waals surface area contributed by atoms with Gasteiger partial charge in [-0.25, -0.2) is 0 Å². The number of hydrogen-bond acceptors (Lipinski definition) is 5. The van der Waals surface area contributed by atoms with Crippen LogP contribution in [-0.2, 0) is 4.79 Å². The molecule has 0 spiro atoms. The summed E-state index contributed by atoms with van der Waals surface area (Å²) in [6, 6.07) is 12.9. The highest BCUT2D eigenvalue weighted by Gasteiger charge is 2.19. The van der Waals surface area contributed by atoms with Crippen LogP contribution in [0.4, 0.5) is 5.69 Å². The molecule has 7 heteroatoms. The number of nitrogens with one attached hydrogen (secondary N) is 1. The summed E-state index contributed by atoms with van der Waals surface area (Å²) in [5.74, 6) is 5.97. The molecule has 1 fully saturated rings. The highest BCUT2D eigenvalue weighted by atomic mass is 32.1. The zero-order valence-electron chi connectivity index (χ0n) is 15.1. The minimum Gasteiger partial charge on any atom is -0.341 e. The monoisotopic (exact) mass is 390 g/mol. The van der Waals surface area contributed by atoms with Crippen LogP contribution in [0.25, 0.3) is 11.0 Å². The number of benzene rings is 2. The third kappa shape index (κ3) is 4.02. The topological polar surface area (TPSA) is 75.2 Å². The molecule has 2 aromatic carbocycles. The average molecular weight is 390 g/mol. The maximum Gasteiger partial charge on any atom is 0.252 e. The van der Waals surface area contributed by atoms with Gasteiger partial charge in [-0.1, -0.05) is 11.8 Å². The van der Waals surface area contributed by atoms with E-state index in [9.17, 15) is 9.59 Å². The van der Waals surface area contributed by atoms with Gasteiger partial charge >= 0.3 is 0 Å². The molecule has 140 valence electrons. The summed E-state index contributed by atoms with van der Waals surface area (Å²) in [5.41, 5.74) is 3.80. The molecule has 1 aromatic heterocycles. The summed E-state index contributed by atoms with van der Waals surface area (Å²) in [5, 5.41) is 2.78. The summed E-state index contributed by atoms with van der Waals surface area (Å²) in [7, 11) is 0. The molecule has 2 amide bonds. The van der Waals surface area contributed by atoms with Crippen molar-refractivity contribution in [3.63, 3.8) is 0 Å². The lowest BCUT2D eigenvalue weighted by molar-refractivity contribution is -0.119. The van der Waals surface area contributed by atoms with Gasteiger partial charge in [-0.15, -0.1) is 0 Å². The van der Waals surface area contributed by atoms with Crippen molar-refractivity contribution >= 4 is 40.3 Å². The summed E-state index contributed by atoms with van der Waals surface area (Å²) in [6.07, 6.45) is 2.63. The van der Waals surface area contributed by atoms with Crippen molar-refractivity contribution < 1.29 is 9.59 Å². The molecule has 0 atom stereocenters. The fourth-order valence-corrected chi connectivity index (χ4v) is 3.62. The number of piperidine rings is 1. The Morgan fingerprint density at radius 3 is 2.75 bits per heavy atom. The molecular weight excluding hydrogens is 372 g/mol. The Hall–Kier alpha value is -3.24. The van der Waals surface area contributed by atoms with E-state index in [1.807, 2.05) is 29.2 Å². The highest BCUT2D eigenvalue weighted by molar-refractivity contribution is 7.00. The van der Waals surface area contributed by atoms with Crippen molar-refractivity contribution in [1.29, 1.82) is 0 Å². The number of nitrogens with zero attached hydrogens (tertiary/aromatic N) is 3. The fourth-order valence-electron chi connectivity index (χ4n) is 3.10. The first kappa shape index (κ1) is 18.1. The Morgan fingerprint density at radius 2 is 1.93 bits per heavy atom. The van der Waals surface area contributed by atoms with Crippen LogP contribution in [0.15, 0.2) is 42.5 Å². The van der Waals surface area contributed by atoms with E-state index in [1.165, 1.54) is 0 Å². The van der Waals surface area contributed by atoms with Gasteiger partial charge in [0.25, 0.3) is 5.91 Å². The maximum atomic E-state index is 12.2. The van der Waals surface area contributed by atoms with Crippen LogP contribution in [0, 0.1) is 11.8 Å². The molecule has 1 aliphatic heterocycles. The first-order valence-electron chi connectivity index (χ1n) is 9.10. The molecule has 0 radical (unpaired) electrons. The molecule has 2 heterocycles. The number of amides is 2. The van der Waals surface area contributed by atoms with Crippen molar-refractivity contribution in [2.24, 2.45) is 0 Å². The van der Waals surface area contributed by atoms with E-state index in [4.69, 9.17) is 0 Å². The molecule has 1 N–H and O–H groups in total. The van der Waals surface area contributed by atoms with Gasteiger partial charge in [0, 0.05) is 29.8 Å². The van der Waals surface area contributed by atoms with Crippen molar-refractivity contribution in [3.05, 3.63) is 53.6 Å². The van der Waals surface area contributed by atoms with Gasteiger partial charge in [-0.3, -0.25) is 9.59 Å². The number of aromatic nitrogens is 2. The zero-order valence-corrected chi connectivity index (χ0v) is 16.0. The Balaban J connectivity index is 1.34. The van der Waals surface area contributed by atoms with Crippen LogP contribution in [0.2, 0.25) is 0 Å². The van der Waals surface area contributed by atoms with Gasteiger partial charge in [0.05, 0.1) is 18.3 Å². The van der Waals surface area contributed by atoms with Crippen LogP contribution < -0.4 is 10.2 Å². The van der Waals surface area contributed by atoms with Crippen molar-refractivity contribution in [2.45, 2.75) is 19.3 Å². The zero-order chi connectivity index (χ0) is 19.3. The average Bonchev–Trinajstić information content (AvgIpc) is 3.20. The van der Waals surface area contributed by atoms with E-state index < -0.39 is 0 Å². The molecule has 0 bridgehead atoms. The maximum absolute atomic E-state index is 12.2. The second-order valence-electron chi connectivity index (χ2n) is 6.50. The van der Waals surface area contributed by atoms with Crippen molar-refractivity contribution in [2.75, 3.05) is 18.0 Å². The Kier molecular flexibility index (Phi) is 5.31. The summed E-state index contributed by atoms with van der Waals surface area (Å²) in [6.45, 7) is 1.02. The SMILES string of the molecule is O=C(NCC#Cc1ccc(N2CCCCC2=O)cc1)c1ccc2nsnc2c1. The third-order valence-corrected chi connectivity index (χ3v) is 5.15. The summed E-state index contributed by atoms with van der Waals surface area (Å²) in [4.78, 5) is 26.0. The second-order valence-corrected chi connectivity index (χ2v) is 7.03. The first-order valence-corrected chi connectivity index (χ1v) is 9.83. The molecule has 0 saturated carbocycles. The minimum atomic E-state index is -0.192. The lowest BCUT2D eigenvalue weighted by atomic mass is 10.1. The number of hydrogen-bond donors (Lipinski definition) is 1. The van der Waals surface area contributed by atoms with E-state index in [0.29, 0.717) is 12.0 Å². The number of carbonyl (C=O) groups is 2. The molecule has 3 aromatic rings. The Bertz CT molecular complexity index is 1080. The normalized spacial score (nSPS) is 13.9. The minimum absolute atomic E-state index is 0.180. The largest absolute Gasteiger partial charge is 0.341 e. The predicted octanol–water partition coefficient (Wildman–Crippen LogP) is 2.99. The summed E-state index contributed by atoms with van der Waals surface area (Å²) < 4.78 is 8.26. The molecule has 0 unspecified atom stereocenters. The third-order valence-electron chi connectivity index (χ3n) is 4.59. The van der Waals surface area contributed by atoms with E-state index in [-0.39, 0.29) is 18.4 Å². The van der Waals surface area contributed by atoms with Crippen LogP contribution in [0.3, 0.4) is 0 Å². The first-order chi connectivity index (χ1) is 13.7. The number of anilines is 1. The molecular formula is C21H18N4O2S. The lowest BCUT2D eigenvalue weighted by Gasteiger charge is -2.26. The van der Waals surface area contributed by atoms with Crippen LogP contribution in [0.1, 0.15) is 35.2 Å². The van der Waals surface area contributed by atoms with E-state index in [2.05, 4.69) is 25.9 Å². The molecule has 28 heavy (non-hydrogen) atoms. The highest BCUT2D eigenvalue weighted by Crippen LogP contribution is 2.21. The standard InChI is InChI=1S/C21H18N4O2S/c26-20-5-1-2-13-25(20)17-9-6-15(7-10-17)4-3-12-22-21(27)16-8-11-18-19(14-16)24-28-23-18/h6-11,14H,1-2,5,12-13H2,(H,22,27). The fraction of sp³-hybridized carbons (Fsp3) is 0.238. The van der Waals surface area contributed by atoms with Crippen LogP contribution in [-0.4, -0.2) is 33.7 Å². The van der Waals surface area contributed by atoms with Crippen molar-refractivity contribution in [3.8, 4) is 11.8 Å². The number of rotatable bonds is 3. The number of carbonyl (C=O) groups excluding carboxylic acids is 2. The van der Waals surface area contributed by atoms with Crippen molar-refractivity contribution in [1.82, 2.24) is 14.1 Å². The van der Waals surface area contributed by atoms with Gasteiger partial charge in [-0.2, -0.15) is 8.75 Å². The molecule has 6 nitrogen and oxygen atoms in total. The molecule has 0 aliphatic carbocycles. The Labute approximate surface area is 166 Å². The molecule has 1 saturated heterocycles. The van der Waals surface area contributed by atoms with E-state index in [0.717, 1.165) is 53.4 Å². The smallest absolute Gasteiger partial charge is 0.252 e. The quantitative estimate of drug-likeness (QED) is 0.698. The lowest BCUT2D eigenvalue weighted by Crippen LogP contribution is -2.35. The predicted molar refractivity (Wildman–Crippen MR) is 109 cm³/mol. The Morgan fingerprint density at radius 1 is 1.11 bits per heavy atom. The molecule has 1 aliphatic rings. The molecule has 4 rings (SSSR count). The van der Waals surface area contributed by atoms with Gasteiger partial charge in [0.2, 0.25) is 5.91 Å². The van der Waals surface area contributed by atoms with E-state index >= 15 is 0 Å². The van der Waals surface area contributed by atoms with Crippen LogP contribution >= 0.6 is 11.7 Å². The van der Waals surface area contributed by atoms with E-state index in [1.54, 1.807) is 18.2 Å². The van der Waals surface area contributed by atoms with Gasteiger partial charge < -0.3 is 10.2 Å². The van der Waals surface area contributed by atoms with Gasteiger partial charge in [0.15, 0.2) is 0 Å².